The van der Waals surface area contributed by atoms with Crippen LogP contribution in [0.3, 0.4) is 0 Å². The van der Waals surface area contributed by atoms with Crippen molar-refractivity contribution in [2.24, 2.45) is 0 Å². The number of methoxy groups -OCH3 is 1. The third-order valence-electron chi connectivity index (χ3n) is 2.57. The van der Waals surface area contributed by atoms with Crippen LogP contribution in [0.2, 0.25) is 0 Å². The van der Waals surface area contributed by atoms with Crippen LogP contribution in [0.5, 0.6) is 11.5 Å². The van der Waals surface area contributed by atoms with Crippen molar-refractivity contribution in [1.82, 2.24) is 0 Å². The molecule has 1 rings (SSSR count). The minimum absolute atomic E-state index is 0.552. The van der Waals surface area contributed by atoms with Crippen LogP contribution in [0.4, 0.5) is 0 Å². The first kappa shape index (κ1) is 14.1. The lowest BCUT2D eigenvalue weighted by molar-refractivity contribution is 0.303. The lowest BCUT2D eigenvalue weighted by Gasteiger charge is -2.08. The summed E-state index contributed by atoms with van der Waals surface area (Å²) in [5, 5.41) is 8.88. The van der Waals surface area contributed by atoms with Crippen LogP contribution in [0, 0.1) is 11.3 Å². The molecule has 1 aromatic carbocycles. The van der Waals surface area contributed by atoms with Crippen molar-refractivity contribution >= 4 is 0 Å². The van der Waals surface area contributed by atoms with E-state index in [1.165, 1.54) is 0 Å². The number of ether oxygens (including phenoxy) is 2. The van der Waals surface area contributed by atoms with Gasteiger partial charge >= 0.3 is 0 Å². The first-order valence-electron chi connectivity index (χ1n) is 6.13. The summed E-state index contributed by atoms with van der Waals surface area (Å²) in [6, 6.07) is 7.31. The van der Waals surface area contributed by atoms with E-state index in [1.54, 1.807) is 25.3 Å². The Balaban J connectivity index is 2.42. The van der Waals surface area contributed by atoms with E-state index in [2.05, 4.69) is 12.6 Å². The predicted octanol–water partition coefficient (Wildman–Crippen LogP) is 3.69. The molecule has 3 heteroatoms. The number of benzene rings is 1. The highest BCUT2D eigenvalue weighted by atomic mass is 16.5. The van der Waals surface area contributed by atoms with Crippen LogP contribution in [0.25, 0.3) is 0 Å². The van der Waals surface area contributed by atoms with Crippen molar-refractivity contribution < 1.29 is 9.47 Å². The van der Waals surface area contributed by atoms with Crippen LogP contribution in [-0.2, 0) is 0 Å². The van der Waals surface area contributed by atoms with Crippen molar-refractivity contribution in [3.05, 3.63) is 36.4 Å². The topological polar surface area (TPSA) is 42.2 Å². The van der Waals surface area contributed by atoms with Gasteiger partial charge in [-0.15, -0.1) is 6.58 Å². The molecule has 0 saturated heterocycles. The zero-order chi connectivity index (χ0) is 13.2. The average Bonchev–Trinajstić information content (AvgIpc) is 2.42. The van der Waals surface area contributed by atoms with Crippen LogP contribution >= 0.6 is 0 Å². The maximum absolute atomic E-state index is 8.88. The second-order valence-electron chi connectivity index (χ2n) is 4.00. The maximum atomic E-state index is 8.88. The molecule has 0 unspecified atom stereocenters. The van der Waals surface area contributed by atoms with E-state index in [1.807, 2.05) is 6.08 Å². The minimum Gasteiger partial charge on any atom is -0.497 e. The summed E-state index contributed by atoms with van der Waals surface area (Å²) in [6.07, 6.45) is 6.27. The van der Waals surface area contributed by atoms with Gasteiger partial charge in [-0.1, -0.05) is 6.08 Å². The van der Waals surface area contributed by atoms with Gasteiger partial charge in [-0.25, -0.2) is 0 Å². The van der Waals surface area contributed by atoms with E-state index in [4.69, 9.17) is 14.7 Å². The van der Waals surface area contributed by atoms with Crippen LogP contribution in [0.15, 0.2) is 30.9 Å². The molecule has 0 fully saturated rings. The monoisotopic (exact) mass is 245 g/mol. The van der Waals surface area contributed by atoms with Crippen molar-refractivity contribution in [3.63, 3.8) is 0 Å². The van der Waals surface area contributed by atoms with Crippen molar-refractivity contribution in [2.75, 3.05) is 13.7 Å². The molecule has 0 aliphatic heterocycles. The molecule has 0 saturated carbocycles. The summed E-state index contributed by atoms with van der Waals surface area (Å²) < 4.78 is 10.7. The van der Waals surface area contributed by atoms with Gasteiger partial charge in [0.25, 0.3) is 0 Å². The third kappa shape index (κ3) is 4.92. The van der Waals surface area contributed by atoms with E-state index in [0.717, 1.165) is 25.7 Å². The summed E-state index contributed by atoms with van der Waals surface area (Å²) >= 11 is 0. The SMILES string of the molecule is C=CCCCCCOc1cc(C#N)cc(OC)c1. The summed E-state index contributed by atoms with van der Waals surface area (Å²) in [6.45, 7) is 4.35. The van der Waals surface area contributed by atoms with Gasteiger partial charge in [0.15, 0.2) is 0 Å². The maximum Gasteiger partial charge on any atom is 0.124 e. The van der Waals surface area contributed by atoms with Gasteiger partial charge < -0.3 is 9.47 Å². The van der Waals surface area contributed by atoms with Gasteiger partial charge in [0.1, 0.15) is 11.5 Å². The number of nitriles is 1. The average molecular weight is 245 g/mol. The fourth-order valence-electron chi connectivity index (χ4n) is 1.60. The number of unbranched alkanes of at least 4 members (excludes halogenated alkanes) is 3. The Morgan fingerprint density at radius 2 is 2.00 bits per heavy atom. The molecular weight excluding hydrogens is 226 g/mol. The molecule has 0 atom stereocenters. The van der Waals surface area contributed by atoms with Gasteiger partial charge in [-0.3, -0.25) is 0 Å². The molecule has 0 N–H and O–H groups in total. The van der Waals surface area contributed by atoms with E-state index in [0.29, 0.717) is 23.7 Å². The Hall–Kier alpha value is -1.95. The molecule has 1 aromatic rings. The zero-order valence-electron chi connectivity index (χ0n) is 10.8. The van der Waals surface area contributed by atoms with Crippen molar-refractivity contribution in [3.8, 4) is 17.6 Å². The highest BCUT2D eigenvalue weighted by Crippen LogP contribution is 2.22. The Kier molecular flexibility index (Phi) is 6.42. The van der Waals surface area contributed by atoms with E-state index < -0.39 is 0 Å². The smallest absolute Gasteiger partial charge is 0.124 e. The molecule has 18 heavy (non-hydrogen) atoms. The normalized spacial score (nSPS) is 9.56. The molecule has 0 bridgehead atoms. The van der Waals surface area contributed by atoms with Crippen molar-refractivity contribution in [1.29, 1.82) is 5.26 Å². The molecule has 96 valence electrons. The molecule has 0 aliphatic rings. The molecule has 0 spiro atoms. The van der Waals surface area contributed by atoms with Crippen LogP contribution < -0.4 is 9.47 Å². The zero-order valence-corrected chi connectivity index (χ0v) is 10.8. The molecular formula is C15H19NO2. The molecule has 0 aromatic heterocycles. The number of hydrogen-bond acceptors (Lipinski definition) is 3. The minimum atomic E-state index is 0.552. The third-order valence-corrected chi connectivity index (χ3v) is 2.57. The van der Waals surface area contributed by atoms with Gasteiger partial charge in [-0.2, -0.15) is 5.26 Å². The quantitative estimate of drug-likeness (QED) is 0.518. The first-order chi connectivity index (χ1) is 8.80. The standard InChI is InChI=1S/C15H19NO2/c1-3-4-5-6-7-8-18-15-10-13(12-16)9-14(11-15)17-2/h3,9-11H,1,4-8H2,2H3. The fourth-order valence-corrected chi connectivity index (χ4v) is 1.60. The first-order valence-corrected chi connectivity index (χ1v) is 6.13. The molecule has 3 nitrogen and oxygen atoms in total. The van der Waals surface area contributed by atoms with Gasteiger partial charge in [0.05, 0.1) is 25.3 Å². The van der Waals surface area contributed by atoms with E-state index >= 15 is 0 Å². The highest BCUT2D eigenvalue weighted by molar-refractivity contribution is 5.43. The lowest BCUT2D eigenvalue weighted by atomic mass is 10.2. The fraction of sp³-hybridized carbons (Fsp3) is 0.400. The predicted molar refractivity (Wildman–Crippen MR) is 71.9 cm³/mol. The van der Waals surface area contributed by atoms with Crippen LogP contribution in [0.1, 0.15) is 31.2 Å². The number of rotatable bonds is 8. The second-order valence-corrected chi connectivity index (χ2v) is 4.00. The van der Waals surface area contributed by atoms with E-state index in [9.17, 15) is 0 Å². The summed E-state index contributed by atoms with van der Waals surface area (Å²) in [7, 11) is 1.58. The lowest BCUT2D eigenvalue weighted by Crippen LogP contribution is -1.98. The molecule has 0 amide bonds. The number of nitrogens with zero attached hydrogens (tertiary/aromatic N) is 1. The Bertz CT molecular complexity index is 421. The largest absolute Gasteiger partial charge is 0.497 e. The Morgan fingerprint density at radius 1 is 1.22 bits per heavy atom. The summed E-state index contributed by atoms with van der Waals surface area (Å²) in [5.74, 6) is 1.34. The number of allylic oxidation sites excluding steroid dienone is 1. The van der Waals surface area contributed by atoms with Crippen molar-refractivity contribution in [2.45, 2.75) is 25.7 Å². The molecule has 0 heterocycles. The van der Waals surface area contributed by atoms with Crippen LogP contribution in [-0.4, -0.2) is 13.7 Å². The molecule has 0 aliphatic carbocycles. The second kappa shape index (κ2) is 8.19. The highest BCUT2D eigenvalue weighted by Gasteiger charge is 2.01. The van der Waals surface area contributed by atoms with Gasteiger partial charge in [0, 0.05) is 6.07 Å². The Labute approximate surface area is 109 Å². The van der Waals surface area contributed by atoms with E-state index in [-0.39, 0.29) is 0 Å². The van der Waals surface area contributed by atoms with Gasteiger partial charge in [-0.05, 0) is 37.8 Å². The summed E-state index contributed by atoms with van der Waals surface area (Å²) in [4.78, 5) is 0. The molecule has 0 radical (unpaired) electrons. The Morgan fingerprint density at radius 3 is 2.67 bits per heavy atom. The summed E-state index contributed by atoms with van der Waals surface area (Å²) in [5.41, 5.74) is 0.552. The van der Waals surface area contributed by atoms with Gasteiger partial charge in [0.2, 0.25) is 0 Å². The number of hydrogen-bond donors (Lipinski definition) is 0.